The van der Waals surface area contributed by atoms with Gasteiger partial charge in [0.15, 0.2) is 0 Å². The first kappa shape index (κ1) is 14.3. The van der Waals surface area contributed by atoms with Crippen LogP contribution in [0.4, 0.5) is 0 Å². The largest absolute Gasteiger partial charge is 0.381 e. The third kappa shape index (κ3) is 4.52. The normalized spacial score (nSPS) is 29.8. The minimum Gasteiger partial charge on any atom is -0.381 e. The second-order valence-corrected chi connectivity index (χ2v) is 5.72. The molecule has 1 saturated heterocycles. The topological polar surface area (TPSA) is 30.5 Å². The summed E-state index contributed by atoms with van der Waals surface area (Å²) >= 11 is 0. The summed E-state index contributed by atoms with van der Waals surface area (Å²) in [5.41, 5.74) is 0. The maximum atomic E-state index is 5.99. The smallest absolute Gasteiger partial charge is 0.0619 e. The minimum absolute atomic E-state index is 0.460. The highest BCUT2D eigenvalue weighted by molar-refractivity contribution is 4.83. The second kappa shape index (κ2) is 8.13. The van der Waals surface area contributed by atoms with Crippen molar-refractivity contribution in [3.05, 3.63) is 0 Å². The fourth-order valence-electron chi connectivity index (χ4n) is 3.21. The van der Waals surface area contributed by atoms with E-state index < -0.39 is 0 Å². The van der Waals surface area contributed by atoms with Crippen LogP contribution in [-0.4, -0.2) is 38.5 Å². The third-order valence-electron chi connectivity index (χ3n) is 4.33. The van der Waals surface area contributed by atoms with E-state index in [2.05, 4.69) is 12.2 Å². The van der Waals surface area contributed by atoms with Gasteiger partial charge in [0.1, 0.15) is 0 Å². The number of ether oxygens (including phenoxy) is 2. The highest BCUT2D eigenvalue weighted by Gasteiger charge is 2.26. The molecular formula is C15H29NO2. The van der Waals surface area contributed by atoms with Gasteiger partial charge in [0.05, 0.1) is 6.10 Å². The van der Waals surface area contributed by atoms with Gasteiger partial charge < -0.3 is 14.8 Å². The molecule has 0 aromatic rings. The Bertz CT molecular complexity index is 217. The van der Waals surface area contributed by atoms with Crippen molar-refractivity contribution in [2.75, 3.05) is 26.4 Å². The first-order valence-electron chi connectivity index (χ1n) is 7.83. The standard InChI is InChI=1S/C15H29NO2/c1-2-9-16-15-5-3-4-13(15)6-12-18-14-7-10-17-11-8-14/h13-16H,2-12H2,1H3. The van der Waals surface area contributed by atoms with Crippen molar-refractivity contribution in [2.24, 2.45) is 5.92 Å². The second-order valence-electron chi connectivity index (χ2n) is 5.72. The Labute approximate surface area is 112 Å². The van der Waals surface area contributed by atoms with Gasteiger partial charge in [-0.05, 0) is 51.0 Å². The van der Waals surface area contributed by atoms with Gasteiger partial charge in [-0.15, -0.1) is 0 Å². The zero-order valence-electron chi connectivity index (χ0n) is 11.8. The molecule has 2 rings (SSSR count). The van der Waals surface area contributed by atoms with Gasteiger partial charge in [0.25, 0.3) is 0 Å². The Balaban J connectivity index is 1.59. The Kier molecular flexibility index (Phi) is 6.46. The predicted molar refractivity (Wildman–Crippen MR) is 73.8 cm³/mol. The molecule has 2 fully saturated rings. The van der Waals surface area contributed by atoms with Gasteiger partial charge in [0, 0.05) is 25.9 Å². The maximum Gasteiger partial charge on any atom is 0.0619 e. The van der Waals surface area contributed by atoms with E-state index in [-0.39, 0.29) is 0 Å². The van der Waals surface area contributed by atoms with E-state index in [1.807, 2.05) is 0 Å². The summed E-state index contributed by atoms with van der Waals surface area (Å²) in [4.78, 5) is 0. The van der Waals surface area contributed by atoms with E-state index in [0.717, 1.165) is 44.6 Å². The van der Waals surface area contributed by atoms with Gasteiger partial charge in [-0.2, -0.15) is 0 Å². The molecule has 1 aliphatic carbocycles. The maximum absolute atomic E-state index is 5.99. The lowest BCUT2D eigenvalue weighted by Crippen LogP contribution is -2.34. The molecule has 2 aliphatic rings. The fourth-order valence-corrected chi connectivity index (χ4v) is 3.21. The SMILES string of the molecule is CCCNC1CCCC1CCOC1CCOCC1. The van der Waals surface area contributed by atoms with Crippen molar-refractivity contribution < 1.29 is 9.47 Å². The Morgan fingerprint density at radius 1 is 1.17 bits per heavy atom. The molecular weight excluding hydrogens is 226 g/mol. The Morgan fingerprint density at radius 2 is 2.00 bits per heavy atom. The van der Waals surface area contributed by atoms with Gasteiger partial charge in [-0.3, -0.25) is 0 Å². The molecule has 106 valence electrons. The van der Waals surface area contributed by atoms with Crippen LogP contribution in [0.5, 0.6) is 0 Å². The van der Waals surface area contributed by atoms with Crippen molar-refractivity contribution in [3.8, 4) is 0 Å². The van der Waals surface area contributed by atoms with E-state index in [1.54, 1.807) is 0 Å². The van der Waals surface area contributed by atoms with Crippen molar-refractivity contribution in [1.82, 2.24) is 5.32 Å². The van der Waals surface area contributed by atoms with Crippen molar-refractivity contribution in [1.29, 1.82) is 0 Å². The van der Waals surface area contributed by atoms with E-state index in [1.165, 1.54) is 38.6 Å². The average Bonchev–Trinajstić information content (AvgIpc) is 2.85. The van der Waals surface area contributed by atoms with Crippen molar-refractivity contribution >= 4 is 0 Å². The number of hydrogen-bond donors (Lipinski definition) is 1. The lowest BCUT2D eigenvalue weighted by Gasteiger charge is -2.25. The highest BCUT2D eigenvalue weighted by Crippen LogP contribution is 2.28. The number of nitrogens with one attached hydrogen (secondary N) is 1. The summed E-state index contributed by atoms with van der Waals surface area (Å²) in [6.07, 6.45) is 9.25. The molecule has 0 amide bonds. The highest BCUT2D eigenvalue weighted by atomic mass is 16.5. The van der Waals surface area contributed by atoms with Gasteiger partial charge in [0.2, 0.25) is 0 Å². The Hall–Kier alpha value is -0.120. The van der Waals surface area contributed by atoms with E-state index in [0.29, 0.717) is 6.10 Å². The molecule has 1 saturated carbocycles. The van der Waals surface area contributed by atoms with Crippen LogP contribution in [0, 0.1) is 5.92 Å². The van der Waals surface area contributed by atoms with Crippen LogP contribution in [0.2, 0.25) is 0 Å². The van der Waals surface area contributed by atoms with Crippen LogP contribution in [0.25, 0.3) is 0 Å². The molecule has 2 atom stereocenters. The van der Waals surface area contributed by atoms with E-state index >= 15 is 0 Å². The average molecular weight is 255 g/mol. The molecule has 0 aromatic carbocycles. The summed E-state index contributed by atoms with van der Waals surface area (Å²) in [7, 11) is 0. The van der Waals surface area contributed by atoms with Crippen molar-refractivity contribution in [2.45, 2.75) is 64.0 Å². The summed E-state index contributed by atoms with van der Waals surface area (Å²) < 4.78 is 11.3. The van der Waals surface area contributed by atoms with Crippen LogP contribution in [0.1, 0.15) is 51.9 Å². The predicted octanol–water partition coefficient (Wildman–Crippen LogP) is 2.74. The monoisotopic (exact) mass is 255 g/mol. The molecule has 1 aliphatic heterocycles. The molecule has 2 unspecified atom stereocenters. The van der Waals surface area contributed by atoms with Crippen LogP contribution in [-0.2, 0) is 9.47 Å². The summed E-state index contributed by atoms with van der Waals surface area (Å²) in [6, 6.07) is 0.753. The molecule has 0 spiro atoms. The van der Waals surface area contributed by atoms with Gasteiger partial charge in [-0.25, -0.2) is 0 Å². The number of hydrogen-bond acceptors (Lipinski definition) is 3. The lowest BCUT2D eigenvalue weighted by molar-refractivity contribution is -0.0355. The molecule has 0 radical (unpaired) electrons. The molecule has 18 heavy (non-hydrogen) atoms. The quantitative estimate of drug-likeness (QED) is 0.759. The van der Waals surface area contributed by atoms with Crippen LogP contribution < -0.4 is 5.32 Å². The molecule has 0 aromatic heterocycles. The van der Waals surface area contributed by atoms with Crippen molar-refractivity contribution in [3.63, 3.8) is 0 Å². The van der Waals surface area contributed by atoms with E-state index in [9.17, 15) is 0 Å². The summed E-state index contributed by atoms with van der Waals surface area (Å²) in [5, 5.41) is 3.69. The molecule has 0 bridgehead atoms. The summed E-state index contributed by atoms with van der Waals surface area (Å²) in [6.45, 7) is 6.12. The minimum atomic E-state index is 0.460. The van der Waals surface area contributed by atoms with Crippen LogP contribution in [0.15, 0.2) is 0 Å². The molecule has 3 nitrogen and oxygen atoms in total. The molecule has 1 heterocycles. The van der Waals surface area contributed by atoms with Crippen LogP contribution >= 0.6 is 0 Å². The zero-order chi connectivity index (χ0) is 12.6. The Morgan fingerprint density at radius 3 is 2.78 bits per heavy atom. The number of rotatable bonds is 7. The first-order valence-corrected chi connectivity index (χ1v) is 7.83. The molecule has 1 N–H and O–H groups in total. The van der Waals surface area contributed by atoms with Crippen LogP contribution in [0.3, 0.4) is 0 Å². The lowest BCUT2D eigenvalue weighted by atomic mass is 10.00. The first-order chi connectivity index (χ1) is 8.90. The van der Waals surface area contributed by atoms with Gasteiger partial charge in [-0.1, -0.05) is 13.3 Å². The third-order valence-corrected chi connectivity index (χ3v) is 4.33. The summed E-state index contributed by atoms with van der Waals surface area (Å²) in [5.74, 6) is 0.844. The van der Waals surface area contributed by atoms with E-state index in [4.69, 9.17) is 9.47 Å². The molecule has 3 heteroatoms. The fraction of sp³-hybridized carbons (Fsp3) is 1.00. The van der Waals surface area contributed by atoms with Gasteiger partial charge >= 0.3 is 0 Å². The zero-order valence-corrected chi connectivity index (χ0v) is 11.8.